The van der Waals surface area contributed by atoms with E-state index >= 15 is 0 Å². The molecule has 2 aromatic rings. The topological polar surface area (TPSA) is 29.1 Å². The van der Waals surface area contributed by atoms with E-state index in [1.807, 2.05) is 48.5 Å². The van der Waals surface area contributed by atoms with E-state index in [1.54, 1.807) is 12.1 Å². The number of hydrogen-bond acceptors (Lipinski definition) is 1. The minimum atomic E-state index is -0.166. The van der Waals surface area contributed by atoms with Crippen LogP contribution >= 0.6 is 11.6 Å². The van der Waals surface area contributed by atoms with Gasteiger partial charge in [-0.3, -0.25) is 4.79 Å². The molecule has 3 heteroatoms. The van der Waals surface area contributed by atoms with Gasteiger partial charge in [0.15, 0.2) is 0 Å². The highest BCUT2D eigenvalue weighted by atomic mass is 35.5. The minimum Gasteiger partial charge on any atom is -0.344 e. The highest BCUT2D eigenvalue weighted by Gasteiger charge is 2.14. The van der Waals surface area contributed by atoms with Gasteiger partial charge >= 0.3 is 0 Å². The van der Waals surface area contributed by atoms with Crippen molar-refractivity contribution < 1.29 is 4.79 Å². The van der Waals surface area contributed by atoms with Crippen molar-refractivity contribution in [2.75, 3.05) is 5.88 Å². The molecule has 0 aliphatic rings. The summed E-state index contributed by atoms with van der Waals surface area (Å²) in [7, 11) is 0. The van der Waals surface area contributed by atoms with Gasteiger partial charge in [0.25, 0.3) is 5.91 Å². The quantitative estimate of drug-likeness (QED) is 0.838. The van der Waals surface area contributed by atoms with Crippen LogP contribution in [0.2, 0.25) is 0 Å². The zero-order chi connectivity index (χ0) is 12.8. The molecular weight excluding hydrogens is 246 g/mol. The molecule has 0 aliphatic carbocycles. The fourth-order valence-electron chi connectivity index (χ4n) is 1.73. The third-order valence-electron chi connectivity index (χ3n) is 2.70. The molecule has 2 nitrogen and oxygen atoms in total. The van der Waals surface area contributed by atoms with Gasteiger partial charge in [0, 0.05) is 11.4 Å². The first-order valence-electron chi connectivity index (χ1n) is 5.78. The Hall–Kier alpha value is -1.80. The Labute approximate surface area is 112 Å². The molecule has 1 N–H and O–H groups in total. The average molecular weight is 260 g/mol. The molecule has 0 saturated carbocycles. The maximum Gasteiger partial charge on any atom is 0.251 e. The first kappa shape index (κ1) is 12.7. The lowest BCUT2D eigenvalue weighted by Gasteiger charge is -2.16. The van der Waals surface area contributed by atoms with Crippen molar-refractivity contribution in [3.63, 3.8) is 0 Å². The highest BCUT2D eigenvalue weighted by Crippen LogP contribution is 2.14. The molecule has 1 unspecified atom stereocenters. The first-order chi connectivity index (χ1) is 8.81. The summed E-state index contributed by atoms with van der Waals surface area (Å²) in [6.45, 7) is 0. The third kappa shape index (κ3) is 3.11. The molecule has 0 fully saturated rings. The molecule has 92 valence electrons. The van der Waals surface area contributed by atoms with Gasteiger partial charge in [-0.1, -0.05) is 48.5 Å². The zero-order valence-electron chi connectivity index (χ0n) is 9.84. The van der Waals surface area contributed by atoms with Gasteiger partial charge < -0.3 is 5.32 Å². The van der Waals surface area contributed by atoms with Crippen molar-refractivity contribution in [2.24, 2.45) is 0 Å². The molecule has 0 saturated heterocycles. The molecule has 0 aliphatic heterocycles. The summed E-state index contributed by atoms with van der Waals surface area (Å²) in [5.74, 6) is 0.243. The van der Waals surface area contributed by atoms with E-state index < -0.39 is 0 Å². The number of carbonyl (C=O) groups is 1. The van der Waals surface area contributed by atoms with E-state index in [-0.39, 0.29) is 11.9 Å². The van der Waals surface area contributed by atoms with Gasteiger partial charge in [0.1, 0.15) is 0 Å². The molecule has 1 atom stereocenters. The first-order valence-corrected chi connectivity index (χ1v) is 6.31. The predicted molar refractivity (Wildman–Crippen MR) is 73.8 cm³/mol. The fourth-order valence-corrected chi connectivity index (χ4v) is 1.98. The minimum absolute atomic E-state index is 0.106. The Morgan fingerprint density at radius 3 is 2.11 bits per heavy atom. The van der Waals surface area contributed by atoms with E-state index in [2.05, 4.69) is 5.32 Å². The summed E-state index contributed by atoms with van der Waals surface area (Å²) in [5, 5.41) is 2.93. The number of hydrogen-bond donors (Lipinski definition) is 1. The standard InChI is InChI=1S/C15H14ClNO/c16-11-14(12-7-3-1-4-8-12)17-15(18)13-9-5-2-6-10-13/h1-10,14H,11H2,(H,17,18). The summed E-state index contributed by atoms with van der Waals surface area (Å²) in [5.41, 5.74) is 1.65. The number of carbonyl (C=O) groups excluding carboxylic acids is 1. The number of benzene rings is 2. The van der Waals surface area contributed by atoms with Gasteiger partial charge in [-0.25, -0.2) is 0 Å². The van der Waals surface area contributed by atoms with Crippen LogP contribution in [0, 0.1) is 0 Å². The lowest BCUT2D eigenvalue weighted by Crippen LogP contribution is -2.29. The molecule has 0 radical (unpaired) electrons. The summed E-state index contributed by atoms with van der Waals surface area (Å²) in [6, 6.07) is 18.7. The van der Waals surface area contributed by atoms with Crippen molar-refractivity contribution >= 4 is 17.5 Å². The van der Waals surface area contributed by atoms with Crippen LogP contribution < -0.4 is 5.32 Å². The van der Waals surface area contributed by atoms with Crippen molar-refractivity contribution in [3.05, 3.63) is 71.8 Å². The number of nitrogens with one attached hydrogen (secondary N) is 1. The lowest BCUT2D eigenvalue weighted by atomic mass is 10.1. The average Bonchev–Trinajstić information content (AvgIpc) is 2.46. The van der Waals surface area contributed by atoms with Crippen LogP contribution in [0.5, 0.6) is 0 Å². The van der Waals surface area contributed by atoms with Gasteiger partial charge in [0.05, 0.1) is 6.04 Å². The molecule has 0 bridgehead atoms. The van der Waals surface area contributed by atoms with Crippen molar-refractivity contribution in [2.45, 2.75) is 6.04 Å². The number of halogens is 1. The van der Waals surface area contributed by atoms with Crippen LogP contribution in [0.25, 0.3) is 0 Å². The van der Waals surface area contributed by atoms with Crippen LogP contribution in [0.15, 0.2) is 60.7 Å². The molecule has 0 spiro atoms. The Kier molecular flexibility index (Phi) is 4.37. The molecule has 2 aromatic carbocycles. The predicted octanol–water partition coefficient (Wildman–Crippen LogP) is 3.40. The van der Waals surface area contributed by atoms with Gasteiger partial charge in [-0.15, -0.1) is 11.6 Å². The second-order valence-electron chi connectivity index (χ2n) is 3.96. The van der Waals surface area contributed by atoms with Crippen LogP contribution in [0.4, 0.5) is 0 Å². The monoisotopic (exact) mass is 259 g/mol. The molecule has 1 amide bonds. The summed E-state index contributed by atoms with van der Waals surface area (Å²) < 4.78 is 0. The third-order valence-corrected chi connectivity index (χ3v) is 3.01. The number of rotatable bonds is 4. The second kappa shape index (κ2) is 6.22. The maximum atomic E-state index is 12.0. The Bertz CT molecular complexity index is 498. The van der Waals surface area contributed by atoms with Crippen LogP contribution in [-0.4, -0.2) is 11.8 Å². The van der Waals surface area contributed by atoms with Crippen LogP contribution in [0.3, 0.4) is 0 Å². The SMILES string of the molecule is O=C(NC(CCl)c1ccccc1)c1ccccc1. The van der Waals surface area contributed by atoms with Crippen molar-refractivity contribution in [3.8, 4) is 0 Å². The summed E-state index contributed by atoms with van der Waals surface area (Å²) in [4.78, 5) is 12.0. The van der Waals surface area contributed by atoms with E-state index in [0.717, 1.165) is 5.56 Å². The van der Waals surface area contributed by atoms with Gasteiger partial charge in [0.2, 0.25) is 0 Å². The fraction of sp³-hybridized carbons (Fsp3) is 0.133. The Balaban J connectivity index is 2.10. The summed E-state index contributed by atoms with van der Waals surface area (Å²) in [6.07, 6.45) is 0. The number of alkyl halides is 1. The normalized spacial score (nSPS) is 11.8. The second-order valence-corrected chi connectivity index (χ2v) is 4.27. The van der Waals surface area contributed by atoms with E-state index in [4.69, 9.17) is 11.6 Å². The lowest BCUT2D eigenvalue weighted by molar-refractivity contribution is 0.0940. The molecule has 0 heterocycles. The molecule has 2 rings (SSSR count). The summed E-state index contributed by atoms with van der Waals surface area (Å²) >= 11 is 5.92. The Morgan fingerprint density at radius 2 is 1.56 bits per heavy atom. The van der Waals surface area contributed by atoms with E-state index in [9.17, 15) is 4.79 Å². The zero-order valence-corrected chi connectivity index (χ0v) is 10.6. The van der Waals surface area contributed by atoms with E-state index in [0.29, 0.717) is 11.4 Å². The van der Waals surface area contributed by atoms with E-state index in [1.165, 1.54) is 0 Å². The molecule has 18 heavy (non-hydrogen) atoms. The van der Waals surface area contributed by atoms with Gasteiger partial charge in [-0.05, 0) is 17.7 Å². The highest BCUT2D eigenvalue weighted by molar-refractivity contribution is 6.18. The van der Waals surface area contributed by atoms with Crippen molar-refractivity contribution in [1.29, 1.82) is 0 Å². The largest absolute Gasteiger partial charge is 0.344 e. The smallest absolute Gasteiger partial charge is 0.251 e. The van der Waals surface area contributed by atoms with Crippen LogP contribution in [0.1, 0.15) is 22.0 Å². The molecular formula is C15H14ClNO. The Morgan fingerprint density at radius 1 is 1.00 bits per heavy atom. The van der Waals surface area contributed by atoms with Gasteiger partial charge in [-0.2, -0.15) is 0 Å². The number of amides is 1. The maximum absolute atomic E-state index is 12.0. The molecule has 0 aromatic heterocycles. The van der Waals surface area contributed by atoms with Crippen LogP contribution in [-0.2, 0) is 0 Å². The van der Waals surface area contributed by atoms with Crippen molar-refractivity contribution in [1.82, 2.24) is 5.32 Å².